The zero-order chi connectivity index (χ0) is 21.0. The van der Waals surface area contributed by atoms with E-state index in [0.29, 0.717) is 37.6 Å². The van der Waals surface area contributed by atoms with Crippen LogP contribution in [0.3, 0.4) is 0 Å². The Balaban J connectivity index is 1.49. The third-order valence-electron chi connectivity index (χ3n) is 4.82. The minimum Gasteiger partial charge on any atom is -0.353 e. The van der Waals surface area contributed by atoms with Crippen LogP contribution in [-0.4, -0.2) is 54.4 Å². The van der Waals surface area contributed by atoms with Crippen molar-refractivity contribution in [1.82, 2.24) is 15.2 Å². The number of alkyl halides is 3. The lowest BCUT2D eigenvalue weighted by Crippen LogP contribution is -2.51. The second kappa shape index (κ2) is 8.50. The zero-order valence-electron chi connectivity index (χ0n) is 15.9. The molecule has 9 heteroatoms. The van der Waals surface area contributed by atoms with Gasteiger partial charge in [0.15, 0.2) is 0 Å². The standard InChI is InChI=1S/C20H21F3N4O2/c1-14-4-2-3-5-16(14)19(29)25-13-18(28)27-10-8-26(9-11-27)17-7-6-15(12-24-17)20(21,22)23/h2-7,12H,8-11,13H2,1H3,(H,25,29). The number of carbonyl (C=O) groups is 2. The van der Waals surface area contributed by atoms with Crippen molar-refractivity contribution in [2.45, 2.75) is 13.1 Å². The molecule has 0 spiro atoms. The second-order valence-corrected chi connectivity index (χ2v) is 6.77. The molecule has 0 unspecified atom stereocenters. The first-order valence-electron chi connectivity index (χ1n) is 9.15. The molecular formula is C20H21F3N4O2. The molecule has 2 heterocycles. The Kier molecular flexibility index (Phi) is 6.05. The highest BCUT2D eigenvalue weighted by Crippen LogP contribution is 2.29. The van der Waals surface area contributed by atoms with Crippen LogP contribution in [0.15, 0.2) is 42.6 Å². The highest BCUT2D eigenvalue weighted by Gasteiger charge is 2.31. The van der Waals surface area contributed by atoms with Crippen molar-refractivity contribution in [1.29, 1.82) is 0 Å². The van der Waals surface area contributed by atoms with Gasteiger partial charge < -0.3 is 15.1 Å². The number of amides is 2. The molecule has 0 radical (unpaired) electrons. The lowest BCUT2D eigenvalue weighted by Gasteiger charge is -2.35. The van der Waals surface area contributed by atoms with Gasteiger partial charge in [-0.3, -0.25) is 9.59 Å². The zero-order valence-corrected chi connectivity index (χ0v) is 15.9. The summed E-state index contributed by atoms with van der Waals surface area (Å²) in [4.78, 5) is 31.9. The summed E-state index contributed by atoms with van der Waals surface area (Å²) in [5, 5.41) is 2.64. The van der Waals surface area contributed by atoms with Gasteiger partial charge >= 0.3 is 6.18 Å². The number of carbonyl (C=O) groups excluding carboxylic acids is 2. The summed E-state index contributed by atoms with van der Waals surface area (Å²) in [6.07, 6.45) is -3.60. The lowest BCUT2D eigenvalue weighted by atomic mass is 10.1. The molecule has 1 aromatic carbocycles. The number of benzene rings is 1. The lowest BCUT2D eigenvalue weighted by molar-refractivity contribution is -0.137. The van der Waals surface area contributed by atoms with Crippen LogP contribution in [-0.2, 0) is 11.0 Å². The highest BCUT2D eigenvalue weighted by atomic mass is 19.4. The number of nitrogens with one attached hydrogen (secondary N) is 1. The topological polar surface area (TPSA) is 65.5 Å². The molecule has 1 aliphatic rings. The first-order valence-corrected chi connectivity index (χ1v) is 9.15. The number of nitrogens with zero attached hydrogens (tertiary/aromatic N) is 3. The van der Waals surface area contributed by atoms with Crippen LogP contribution in [0.2, 0.25) is 0 Å². The van der Waals surface area contributed by atoms with Crippen LogP contribution in [0, 0.1) is 6.92 Å². The number of hydrogen-bond donors (Lipinski definition) is 1. The number of piperazine rings is 1. The minimum atomic E-state index is -4.42. The fraction of sp³-hybridized carbons (Fsp3) is 0.350. The fourth-order valence-corrected chi connectivity index (χ4v) is 3.12. The van der Waals surface area contributed by atoms with Gasteiger partial charge in [-0.25, -0.2) is 4.98 Å². The van der Waals surface area contributed by atoms with E-state index in [1.165, 1.54) is 6.07 Å². The third kappa shape index (κ3) is 5.04. The van der Waals surface area contributed by atoms with Crippen LogP contribution in [0.1, 0.15) is 21.5 Å². The Hall–Kier alpha value is -3.10. The van der Waals surface area contributed by atoms with Crippen molar-refractivity contribution in [3.05, 3.63) is 59.3 Å². The predicted octanol–water partition coefficient (Wildman–Crippen LogP) is 2.49. The van der Waals surface area contributed by atoms with E-state index >= 15 is 0 Å². The van der Waals surface area contributed by atoms with Crippen molar-refractivity contribution in [3.63, 3.8) is 0 Å². The van der Waals surface area contributed by atoms with Crippen LogP contribution < -0.4 is 10.2 Å². The number of pyridine rings is 1. The van der Waals surface area contributed by atoms with E-state index in [0.717, 1.165) is 17.8 Å². The van der Waals surface area contributed by atoms with Crippen LogP contribution >= 0.6 is 0 Å². The maximum Gasteiger partial charge on any atom is 0.417 e. The van der Waals surface area contributed by atoms with E-state index in [1.54, 1.807) is 17.0 Å². The second-order valence-electron chi connectivity index (χ2n) is 6.77. The van der Waals surface area contributed by atoms with Gasteiger partial charge in [-0.2, -0.15) is 13.2 Å². The number of anilines is 1. The summed E-state index contributed by atoms with van der Waals surface area (Å²) in [5.74, 6) is -0.0612. The maximum atomic E-state index is 12.6. The summed E-state index contributed by atoms with van der Waals surface area (Å²) in [6.45, 7) is 3.44. The average molecular weight is 406 g/mol. The van der Waals surface area contributed by atoms with Crippen molar-refractivity contribution in [2.75, 3.05) is 37.6 Å². The number of rotatable bonds is 4. The van der Waals surface area contributed by atoms with E-state index in [9.17, 15) is 22.8 Å². The molecule has 1 saturated heterocycles. The van der Waals surface area contributed by atoms with Gasteiger partial charge in [0.2, 0.25) is 5.91 Å². The fourth-order valence-electron chi connectivity index (χ4n) is 3.12. The molecule has 1 fully saturated rings. The van der Waals surface area contributed by atoms with E-state index in [-0.39, 0.29) is 18.4 Å². The average Bonchev–Trinajstić information content (AvgIpc) is 2.71. The summed E-state index contributed by atoms with van der Waals surface area (Å²) in [6, 6.07) is 9.46. The highest BCUT2D eigenvalue weighted by molar-refractivity contribution is 5.97. The Morgan fingerprint density at radius 2 is 1.76 bits per heavy atom. The molecule has 0 atom stereocenters. The largest absolute Gasteiger partial charge is 0.417 e. The summed E-state index contributed by atoms with van der Waals surface area (Å²) in [7, 11) is 0. The SMILES string of the molecule is Cc1ccccc1C(=O)NCC(=O)N1CCN(c2ccc(C(F)(F)F)cn2)CC1. The van der Waals surface area contributed by atoms with Gasteiger partial charge in [0.1, 0.15) is 5.82 Å². The molecule has 29 heavy (non-hydrogen) atoms. The smallest absolute Gasteiger partial charge is 0.353 e. The molecule has 2 amide bonds. The van der Waals surface area contributed by atoms with E-state index in [1.807, 2.05) is 24.0 Å². The van der Waals surface area contributed by atoms with E-state index in [4.69, 9.17) is 0 Å². The van der Waals surface area contributed by atoms with Crippen LogP contribution in [0.25, 0.3) is 0 Å². The summed E-state index contributed by atoms with van der Waals surface area (Å²) >= 11 is 0. The van der Waals surface area contributed by atoms with Gasteiger partial charge in [-0.05, 0) is 30.7 Å². The maximum absolute atomic E-state index is 12.6. The normalized spacial score (nSPS) is 14.6. The molecule has 0 saturated carbocycles. The quantitative estimate of drug-likeness (QED) is 0.848. The molecule has 1 aromatic heterocycles. The first kappa shape index (κ1) is 20.6. The van der Waals surface area contributed by atoms with Gasteiger partial charge in [-0.15, -0.1) is 0 Å². The molecule has 1 aliphatic heterocycles. The molecule has 6 nitrogen and oxygen atoms in total. The number of halogens is 3. The summed E-state index contributed by atoms with van der Waals surface area (Å²) in [5.41, 5.74) is 0.563. The predicted molar refractivity (Wildman–Crippen MR) is 102 cm³/mol. The molecule has 2 aromatic rings. The monoisotopic (exact) mass is 406 g/mol. The molecule has 0 bridgehead atoms. The van der Waals surface area contributed by atoms with Crippen molar-refractivity contribution >= 4 is 17.6 Å². The number of aromatic nitrogens is 1. The Labute approximate surface area is 166 Å². The molecule has 0 aliphatic carbocycles. The number of aryl methyl sites for hydroxylation is 1. The van der Waals surface area contributed by atoms with Crippen molar-refractivity contribution in [2.24, 2.45) is 0 Å². The molecule has 154 valence electrons. The van der Waals surface area contributed by atoms with Crippen molar-refractivity contribution < 1.29 is 22.8 Å². The molecule has 1 N–H and O–H groups in total. The number of hydrogen-bond acceptors (Lipinski definition) is 4. The minimum absolute atomic E-state index is 0.105. The van der Waals surface area contributed by atoms with Gasteiger partial charge in [0.25, 0.3) is 5.91 Å². The van der Waals surface area contributed by atoms with Crippen LogP contribution in [0.4, 0.5) is 19.0 Å². The molecule has 3 rings (SSSR count). The Morgan fingerprint density at radius 1 is 1.07 bits per heavy atom. The molecular weight excluding hydrogens is 385 g/mol. The first-order chi connectivity index (χ1) is 13.8. The van der Waals surface area contributed by atoms with Crippen molar-refractivity contribution in [3.8, 4) is 0 Å². The van der Waals surface area contributed by atoms with E-state index in [2.05, 4.69) is 10.3 Å². The van der Waals surface area contributed by atoms with Gasteiger partial charge in [-0.1, -0.05) is 18.2 Å². The van der Waals surface area contributed by atoms with E-state index < -0.39 is 11.7 Å². The van der Waals surface area contributed by atoms with Crippen LogP contribution in [0.5, 0.6) is 0 Å². The third-order valence-corrected chi connectivity index (χ3v) is 4.82. The Bertz CT molecular complexity index is 876. The van der Waals surface area contributed by atoms with Gasteiger partial charge in [0, 0.05) is 37.9 Å². The Morgan fingerprint density at radius 3 is 2.34 bits per heavy atom. The van der Waals surface area contributed by atoms with Gasteiger partial charge in [0.05, 0.1) is 12.1 Å². The summed E-state index contributed by atoms with van der Waals surface area (Å²) < 4.78 is 37.9.